The molecule has 4 heteroatoms. The van der Waals surface area contributed by atoms with E-state index in [9.17, 15) is 4.79 Å². The van der Waals surface area contributed by atoms with E-state index in [0.29, 0.717) is 17.9 Å². The Morgan fingerprint density at radius 3 is 2.73 bits per heavy atom. The number of esters is 1. The third-order valence-corrected chi connectivity index (χ3v) is 2.41. The molecule has 0 aromatic carbocycles. The van der Waals surface area contributed by atoms with Crippen LogP contribution in [0.1, 0.15) is 26.7 Å². The zero-order chi connectivity index (χ0) is 11.7. The molecule has 0 spiro atoms. The topological polar surface area (TPSA) is 46.5 Å². The Labute approximate surface area is 96.9 Å². The fourth-order valence-electron chi connectivity index (χ4n) is 1.07. The third kappa shape index (κ3) is 6.57. The van der Waals surface area contributed by atoms with E-state index in [0.717, 1.165) is 12.8 Å². The highest BCUT2D eigenvalue weighted by Crippen LogP contribution is 2.09. The highest BCUT2D eigenvalue weighted by Gasteiger charge is 2.08. The molecule has 88 valence electrons. The Bertz CT molecular complexity index is 214. The SMILES string of the molecule is CCOC(=O)/C(=C/CCC(C)CO)CS. The first kappa shape index (κ1) is 14.5. The van der Waals surface area contributed by atoms with Gasteiger partial charge in [0.2, 0.25) is 0 Å². The Morgan fingerprint density at radius 1 is 1.60 bits per heavy atom. The van der Waals surface area contributed by atoms with E-state index in [1.165, 1.54) is 0 Å². The molecule has 0 aliphatic heterocycles. The lowest BCUT2D eigenvalue weighted by Gasteiger charge is -2.06. The van der Waals surface area contributed by atoms with Gasteiger partial charge in [-0.25, -0.2) is 4.79 Å². The number of thiol groups is 1. The summed E-state index contributed by atoms with van der Waals surface area (Å²) in [5, 5.41) is 8.82. The fourth-order valence-corrected chi connectivity index (χ4v) is 1.33. The zero-order valence-electron chi connectivity index (χ0n) is 9.40. The van der Waals surface area contributed by atoms with Crippen molar-refractivity contribution in [1.29, 1.82) is 0 Å². The minimum atomic E-state index is -0.288. The summed E-state index contributed by atoms with van der Waals surface area (Å²) in [6, 6.07) is 0. The van der Waals surface area contributed by atoms with Gasteiger partial charge in [-0.3, -0.25) is 0 Å². The first-order chi connectivity index (χ1) is 7.15. The lowest BCUT2D eigenvalue weighted by molar-refractivity contribution is -0.138. The van der Waals surface area contributed by atoms with E-state index in [4.69, 9.17) is 9.84 Å². The van der Waals surface area contributed by atoms with Gasteiger partial charge in [0.15, 0.2) is 0 Å². The summed E-state index contributed by atoms with van der Waals surface area (Å²) in [5.41, 5.74) is 0.602. The molecule has 0 amide bonds. The van der Waals surface area contributed by atoms with Gasteiger partial charge in [0.25, 0.3) is 0 Å². The quantitative estimate of drug-likeness (QED) is 0.400. The summed E-state index contributed by atoms with van der Waals surface area (Å²) in [5.74, 6) is 0.376. The van der Waals surface area contributed by atoms with Crippen LogP contribution in [0.25, 0.3) is 0 Å². The molecule has 0 rings (SSSR count). The van der Waals surface area contributed by atoms with E-state index >= 15 is 0 Å². The van der Waals surface area contributed by atoms with Gasteiger partial charge in [0.1, 0.15) is 0 Å². The van der Waals surface area contributed by atoms with Crippen LogP contribution in [0.2, 0.25) is 0 Å². The van der Waals surface area contributed by atoms with E-state index in [1.54, 1.807) is 6.92 Å². The van der Waals surface area contributed by atoms with Crippen molar-refractivity contribution in [3.05, 3.63) is 11.6 Å². The number of ether oxygens (including phenoxy) is 1. The largest absolute Gasteiger partial charge is 0.463 e. The number of rotatable bonds is 7. The van der Waals surface area contributed by atoms with Crippen LogP contribution in [0.3, 0.4) is 0 Å². The van der Waals surface area contributed by atoms with Crippen molar-refractivity contribution < 1.29 is 14.6 Å². The molecule has 0 fully saturated rings. The second-order valence-electron chi connectivity index (χ2n) is 3.47. The van der Waals surface area contributed by atoms with Gasteiger partial charge in [-0.1, -0.05) is 13.0 Å². The Morgan fingerprint density at radius 2 is 2.27 bits per heavy atom. The molecule has 1 N–H and O–H groups in total. The minimum Gasteiger partial charge on any atom is -0.463 e. The molecular weight excluding hydrogens is 212 g/mol. The van der Waals surface area contributed by atoms with E-state index in [-0.39, 0.29) is 18.5 Å². The van der Waals surface area contributed by atoms with Crippen LogP contribution >= 0.6 is 12.6 Å². The van der Waals surface area contributed by atoms with E-state index < -0.39 is 0 Å². The second-order valence-corrected chi connectivity index (χ2v) is 3.79. The Balaban J connectivity index is 4.04. The van der Waals surface area contributed by atoms with Crippen molar-refractivity contribution in [2.24, 2.45) is 5.92 Å². The predicted molar refractivity (Wildman–Crippen MR) is 64.1 cm³/mol. The van der Waals surface area contributed by atoms with Crippen LogP contribution in [0.15, 0.2) is 11.6 Å². The molecule has 0 saturated heterocycles. The highest BCUT2D eigenvalue weighted by atomic mass is 32.1. The van der Waals surface area contributed by atoms with Crippen LogP contribution in [-0.4, -0.2) is 30.0 Å². The molecule has 0 aromatic heterocycles. The van der Waals surface area contributed by atoms with Crippen LogP contribution < -0.4 is 0 Å². The number of hydrogen-bond acceptors (Lipinski definition) is 4. The summed E-state index contributed by atoms with van der Waals surface area (Å²) in [6.07, 6.45) is 3.49. The molecule has 0 bridgehead atoms. The standard InChI is InChI=1S/C11H20O3S/c1-3-14-11(13)10(8-15)6-4-5-9(2)7-12/h6,9,12,15H,3-5,7-8H2,1-2H3/b10-6+. The lowest BCUT2D eigenvalue weighted by atomic mass is 10.1. The molecule has 0 aliphatic rings. The molecule has 3 nitrogen and oxygen atoms in total. The number of allylic oxidation sites excluding steroid dienone is 1. The van der Waals surface area contributed by atoms with Crippen molar-refractivity contribution in [1.82, 2.24) is 0 Å². The van der Waals surface area contributed by atoms with Crippen molar-refractivity contribution in [3.8, 4) is 0 Å². The van der Waals surface area contributed by atoms with Gasteiger partial charge < -0.3 is 9.84 Å². The highest BCUT2D eigenvalue weighted by molar-refractivity contribution is 7.80. The van der Waals surface area contributed by atoms with Gasteiger partial charge in [-0.05, 0) is 25.7 Å². The van der Waals surface area contributed by atoms with Crippen molar-refractivity contribution in [2.45, 2.75) is 26.7 Å². The maximum Gasteiger partial charge on any atom is 0.334 e. The Hall–Kier alpha value is -0.480. The molecule has 0 aromatic rings. The van der Waals surface area contributed by atoms with Gasteiger partial charge in [-0.15, -0.1) is 0 Å². The number of carbonyl (C=O) groups excluding carboxylic acids is 1. The first-order valence-electron chi connectivity index (χ1n) is 5.23. The van der Waals surface area contributed by atoms with Gasteiger partial charge in [0, 0.05) is 17.9 Å². The van der Waals surface area contributed by atoms with Crippen molar-refractivity contribution in [3.63, 3.8) is 0 Å². The summed E-state index contributed by atoms with van der Waals surface area (Å²) in [7, 11) is 0. The van der Waals surface area contributed by atoms with Crippen molar-refractivity contribution in [2.75, 3.05) is 19.0 Å². The maximum absolute atomic E-state index is 11.3. The van der Waals surface area contributed by atoms with Crippen LogP contribution in [0, 0.1) is 5.92 Å². The number of aliphatic hydroxyl groups excluding tert-OH is 1. The summed E-state index contributed by atoms with van der Waals surface area (Å²) < 4.78 is 4.87. The normalized spacial score (nSPS) is 13.7. The molecule has 1 atom stereocenters. The molecule has 15 heavy (non-hydrogen) atoms. The monoisotopic (exact) mass is 232 g/mol. The number of hydrogen-bond donors (Lipinski definition) is 2. The van der Waals surface area contributed by atoms with Crippen molar-refractivity contribution >= 4 is 18.6 Å². The minimum absolute atomic E-state index is 0.184. The van der Waals surface area contributed by atoms with Crippen LogP contribution in [0.5, 0.6) is 0 Å². The number of aliphatic hydroxyl groups is 1. The average molecular weight is 232 g/mol. The van der Waals surface area contributed by atoms with E-state index in [2.05, 4.69) is 12.6 Å². The molecular formula is C11H20O3S. The predicted octanol–water partition coefficient (Wildman–Crippen LogP) is 1.81. The second kappa shape index (κ2) is 8.80. The van der Waals surface area contributed by atoms with E-state index in [1.807, 2.05) is 13.0 Å². The summed E-state index contributed by atoms with van der Waals surface area (Å²) in [6.45, 7) is 4.32. The lowest BCUT2D eigenvalue weighted by Crippen LogP contribution is -2.09. The van der Waals surface area contributed by atoms with Crippen LogP contribution in [0.4, 0.5) is 0 Å². The van der Waals surface area contributed by atoms with Crippen LogP contribution in [-0.2, 0) is 9.53 Å². The van der Waals surface area contributed by atoms with Gasteiger partial charge in [0.05, 0.1) is 6.61 Å². The Kier molecular flexibility index (Phi) is 8.52. The average Bonchev–Trinajstić information content (AvgIpc) is 2.24. The molecule has 0 radical (unpaired) electrons. The molecule has 1 unspecified atom stereocenters. The number of carbonyl (C=O) groups is 1. The smallest absolute Gasteiger partial charge is 0.334 e. The summed E-state index contributed by atoms with van der Waals surface area (Å²) >= 11 is 4.08. The van der Waals surface area contributed by atoms with Gasteiger partial charge in [-0.2, -0.15) is 12.6 Å². The third-order valence-electron chi connectivity index (χ3n) is 2.07. The molecule has 0 heterocycles. The fraction of sp³-hybridized carbons (Fsp3) is 0.727. The first-order valence-corrected chi connectivity index (χ1v) is 5.86. The summed E-state index contributed by atoms with van der Waals surface area (Å²) in [4.78, 5) is 11.3. The van der Waals surface area contributed by atoms with Gasteiger partial charge >= 0.3 is 5.97 Å². The zero-order valence-corrected chi connectivity index (χ0v) is 10.3. The maximum atomic E-state index is 11.3. The molecule has 0 saturated carbocycles. The molecule has 0 aliphatic carbocycles.